The zero-order chi connectivity index (χ0) is 13.1. The summed E-state index contributed by atoms with van der Waals surface area (Å²) in [6.07, 6.45) is 0.889. The molecule has 1 N–H and O–H groups in total. The third kappa shape index (κ3) is 2.64. The number of likely N-dealkylation sites (tertiary alicyclic amines) is 1. The average Bonchev–Trinajstić information content (AvgIpc) is 2.39. The van der Waals surface area contributed by atoms with Crippen molar-refractivity contribution in [1.82, 2.24) is 4.90 Å². The monoisotopic (exact) mass is 249 g/mol. The molecule has 0 aromatic heterocycles. The summed E-state index contributed by atoms with van der Waals surface area (Å²) >= 11 is 0. The minimum Gasteiger partial charge on any atom is -0.497 e. The Kier molecular flexibility index (Phi) is 3.87. The lowest BCUT2D eigenvalue weighted by Gasteiger charge is -2.34. The fourth-order valence-corrected chi connectivity index (χ4v) is 2.62. The van der Waals surface area contributed by atoms with Crippen LogP contribution in [-0.2, 0) is 4.79 Å². The van der Waals surface area contributed by atoms with E-state index in [0.717, 1.165) is 24.3 Å². The third-order valence-corrected chi connectivity index (χ3v) is 3.68. The van der Waals surface area contributed by atoms with Gasteiger partial charge in [0.1, 0.15) is 5.75 Å². The number of carboxylic acid groups (broad SMARTS) is 1. The van der Waals surface area contributed by atoms with Crippen LogP contribution in [0.1, 0.15) is 17.9 Å². The molecule has 0 spiro atoms. The van der Waals surface area contributed by atoms with Gasteiger partial charge < -0.3 is 14.7 Å². The summed E-state index contributed by atoms with van der Waals surface area (Å²) in [6.45, 7) is 1.56. The highest BCUT2D eigenvalue weighted by Crippen LogP contribution is 2.33. The molecule has 2 unspecified atom stereocenters. The molecule has 1 fully saturated rings. The maximum atomic E-state index is 11.4. The lowest BCUT2D eigenvalue weighted by molar-refractivity contribution is -0.144. The Morgan fingerprint density at radius 3 is 2.61 bits per heavy atom. The van der Waals surface area contributed by atoms with E-state index in [2.05, 4.69) is 4.90 Å². The first-order valence-corrected chi connectivity index (χ1v) is 6.17. The first-order valence-electron chi connectivity index (χ1n) is 6.17. The van der Waals surface area contributed by atoms with E-state index in [-0.39, 0.29) is 11.8 Å². The molecule has 1 aromatic rings. The van der Waals surface area contributed by atoms with Crippen LogP contribution >= 0.6 is 0 Å². The molecule has 0 saturated carbocycles. The van der Waals surface area contributed by atoms with Crippen molar-refractivity contribution >= 4 is 5.97 Å². The van der Waals surface area contributed by atoms with Gasteiger partial charge in [-0.3, -0.25) is 4.79 Å². The van der Waals surface area contributed by atoms with E-state index in [9.17, 15) is 9.90 Å². The van der Waals surface area contributed by atoms with Crippen LogP contribution < -0.4 is 4.74 Å². The van der Waals surface area contributed by atoms with Crippen LogP contribution in [0, 0.1) is 5.92 Å². The molecule has 0 amide bonds. The first-order chi connectivity index (χ1) is 8.61. The molecule has 1 aliphatic rings. The number of carboxylic acids is 1. The first kappa shape index (κ1) is 12.9. The predicted molar refractivity (Wildman–Crippen MR) is 69.0 cm³/mol. The number of hydrogen-bond acceptors (Lipinski definition) is 3. The Hall–Kier alpha value is -1.55. The van der Waals surface area contributed by atoms with E-state index < -0.39 is 5.97 Å². The van der Waals surface area contributed by atoms with E-state index in [4.69, 9.17) is 4.74 Å². The zero-order valence-corrected chi connectivity index (χ0v) is 10.8. The molecule has 2 atom stereocenters. The van der Waals surface area contributed by atoms with Gasteiger partial charge in [-0.25, -0.2) is 0 Å². The maximum Gasteiger partial charge on any atom is 0.308 e. The molecule has 4 nitrogen and oxygen atoms in total. The van der Waals surface area contributed by atoms with E-state index >= 15 is 0 Å². The third-order valence-electron chi connectivity index (χ3n) is 3.68. The second-order valence-electron chi connectivity index (χ2n) is 4.88. The minimum atomic E-state index is -0.706. The Bertz CT molecular complexity index is 416. The SMILES string of the molecule is COc1ccc(C2CCN(C)CC2C(=O)O)cc1. The van der Waals surface area contributed by atoms with Crippen molar-refractivity contribution in [2.75, 3.05) is 27.2 Å². The van der Waals surface area contributed by atoms with Gasteiger partial charge in [0.15, 0.2) is 0 Å². The summed E-state index contributed by atoms with van der Waals surface area (Å²) in [4.78, 5) is 13.4. The normalized spacial score (nSPS) is 24.8. The van der Waals surface area contributed by atoms with Crippen molar-refractivity contribution in [3.63, 3.8) is 0 Å². The number of carbonyl (C=O) groups is 1. The van der Waals surface area contributed by atoms with Gasteiger partial charge in [-0.1, -0.05) is 12.1 Å². The van der Waals surface area contributed by atoms with E-state index in [1.807, 2.05) is 31.3 Å². The fourth-order valence-electron chi connectivity index (χ4n) is 2.62. The highest BCUT2D eigenvalue weighted by molar-refractivity contribution is 5.72. The molecule has 1 saturated heterocycles. The molecule has 1 heterocycles. The lowest BCUT2D eigenvalue weighted by Crippen LogP contribution is -2.40. The number of nitrogens with zero attached hydrogens (tertiary/aromatic N) is 1. The van der Waals surface area contributed by atoms with Gasteiger partial charge in [0.05, 0.1) is 13.0 Å². The summed E-state index contributed by atoms with van der Waals surface area (Å²) in [7, 11) is 3.60. The Morgan fingerprint density at radius 1 is 1.39 bits per heavy atom. The summed E-state index contributed by atoms with van der Waals surface area (Å²) < 4.78 is 5.12. The van der Waals surface area contributed by atoms with Gasteiger partial charge in [-0.15, -0.1) is 0 Å². The molecular formula is C14H19NO3. The van der Waals surface area contributed by atoms with E-state index in [0.29, 0.717) is 6.54 Å². The fraction of sp³-hybridized carbons (Fsp3) is 0.500. The van der Waals surface area contributed by atoms with Crippen molar-refractivity contribution < 1.29 is 14.6 Å². The van der Waals surface area contributed by atoms with Gasteiger partial charge in [-0.05, 0) is 43.6 Å². The minimum absolute atomic E-state index is 0.101. The van der Waals surface area contributed by atoms with Crippen molar-refractivity contribution in [3.05, 3.63) is 29.8 Å². The van der Waals surface area contributed by atoms with Gasteiger partial charge in [0.2, 0.25) is 0 Å². The van der Waals surface area contributed by atoms with Crippen molar-refractivity contribution in [1.29, 1.82) is 0 Å². The van der Waals surface area contributed by atoms with Crippen LogP contribution in [0.25, 0.3) is 0 Å². The number of methoxy groups -OCH3 is 1. The van der Waals surface area contributed by atoms with Crippen LogP contribution in [0.15, 0.2) is 24.3 Å². The summed E-state index contributed by atoms with van der Waals surface area (Å²) in [5.74, 6) is -0.123. The highest BCUT2D eigenvalue weighted by atomic mass is 16.5. The van der Waals surface area contributed by atoms with Gasteiger partial charge >= 0.3 is 5.97 Å². The second kappa shape index (κ2) is 5.40. The summed E-state index contributed by atoms with van der Waals surface area (Å²) in [5.41, 5.74) is 1.09. The molecule has 1 aliphatic heterocycles. The quantitative estimate of drug-likeness (QED) is 0.887. The zero-order valence-electron chi connectivity index (χ0n) is 10.8. The summed E-state index contributed by atoms with van der Waals surface area (Å²) in [5, 5.41) is 9.34. The number of benzene rings is 1. The molecule has 18 heavy (non-hydrogen) atoms. The van der Waals surface area contributed by atoms with Gasteiger partial charge in [0, 0.05) is 6.54 Å². The summed E-state index contributed by atoms with van der Waals surface area (Å²) in [6, 6.07) is 7.74. The van der Waals surface area contributed by atoms with Crippen LogP contribution in [0.2, 0.25) is 0 Å². The maximum absolute atomic E-state index is 11.4. The van der Waals surface area contributed by atoms with E-state index in [1.165, 1.54) is 0 Å². The van der Waals surface area contributed by atoms with Crippen molar-refractivity contribution in [2.24, 2.45) is 5.92 Å². The molecule has 1 aromatic carbocycles. The molecule has 0 aliphatic carbocycles. The van der Waals surface area contributed by atoms with E-state index in [1.54, 1.807) is 7.11 Å². The molecule has 0 radical (unpaired) electrons. The van der Waals surface area contributed by atoms with Crippen LogP contribution in [0.5, 0.6) is 5.75 Å². The predicted octanol–water partition coefficient (Wildman–Crippen LogP) is 1.82. The largest absolute Gasteiger partial charge is 0.497 e. The second-order valence-corrected chi connectivity index (χ2v) is 4.88. The average molecular weight is 249 g/mol. The number of rotatable bonds is 3. The number of ether oxygens (including phenoxy) is 1. The van der Waals surface area contributed by atoms with Crippen LogP contribution in [0.4, 0.5) is 0 Å². The van der Waals surface area contributed by atoms with Gasteiger partial charge in [0.25, 0.3) is 0 Å². The molecule has 4 heteroatoms. The number of aliphatic carboxylic acids is 1. The van der Waals surface area contributed by atoms with Gasteiger partial charge in [-0.2, -0.15) is 0 Å². The van der Waals surface area contributed by atoms with Crippen molar-refractivity contribution in [2.45, 2.75) is 12.3 Å². The number of hydrogen-bond donors (Lipinski definition) is 1. The Labute approximate surface area is 107 Å². The smallest absolute Gasteiger partial charge is 0.308 e. The number of piperidine rings is 1. The Morgan fingerprint density at radius 2 is 2.06 bits per heavy atom. The molecular weight excluding hydrogens is 230 g/mol. The standard InChI is InChI=1S/C14H19NO3/c1-15-8-7-12(13(9-15)14(16)17)10-3-5-11(18-2)6-4-10/h3-6,12-13H,7-9H2,1-2H3,(H,16,17). The highest BCUT2D eigenvalue weighted by Gasteiger charge is 2.33. The molecule has 98 valence electrons. The topological polar surface area (TPSA) is 49.8 Å². The Balaban J connectivity index is 2.20. The van der Waals surface area contributed by atoms with Crippen LogP contribution in [-0.4, -0.2) is 43.2 Å². The molecule has 0 bridgehead atoms. The van der Waals surface area contributed by atoms with Crippen molar-refractivity contribution in [3.8, 4) is 5.75 Å². The van der Waals surface area contributed by atoms with Crippen LogP contribution in [0.3, 0.4) is 0 Å². The molecule has 2 rings (SSSR count). The lowest BCUT2D eigenvalue weighted by atomic mass is 9.80.